The number of esters is 1. The van der Waals surface area contributed by atoms with Gasteiger partial charge in [0.15, 0.2) is 0 Å². The second-order valence-electron chi connectivity index (χ2n) is 3.35. The molecule has 0 radical (unpaired) electrons. The molecule has 1 aromatic carbocycles. The Labute approximate surface area is 109 Å². The van der Waals surface area contributed by atoms with Crippen molar-refractivity contribution in [3.05, 3.63) is 17.7 Å². The second-order valence-corrected chi connectivity index (χ2v) is 3.35. The molecule has 1 amide bonds. The minimum Gasteiger partial charge on any atom is -0.497 e. The smallest absolute Gasteiger partial charge is 0.340 e. The van der Waals surface area contributed by atoms with Gasteiger partial charge in [-0.25, -0.2) is 4.79 Å². The Morgan fingerprint density at radius 1 is 1.16 bits per heavy atom. The van der Waals surface area contributed by atoms with Crippen molar-refractivity contribution in [2.75, 3.05) is 26.6 Å². The minimum absolute atomic E-state index is 0.0221. The van der Waals surface area contributed by atoms with Crippen LogP contribution in [0.4, 0.5) is 5.69 Å². The number of methoxy groups -OCH3 is 3. The van der Waals surface area contributed by atoms with Crippen LogP contribution in [0.15, 0.2) is 12.1 Å². The van der Waals surface area contributed by atoms with Crippen molar-refractivity contribution in [2.24, 2.45) is 0 Å². The van der Waals surface area contributed by atoms with Crippen LogP contribution in [-0.4, -0.2) is 39.5 Å². The highest BCUT2D eigenvalue weighted by Gasteiger charge is 2.20. The molecule has 0 aromatic heterocycles. The van der Waals surface area contributed by atoms with Gasteiger partial charge < -0.3 is 19.5 Å². The van der Waals surface area contributed by atoms with E-state index < -0.39 is 11.9 Å². The number of hydrogen-bond donors (Lipinski definition) is 1. The Morgan fingerprint density at radius 2 is 1.84 bits per heavy atom. The molecule has 1 N–H and O–H groups in total. The fourth-order valence-electron chi connectivity index (χ4n) is 1.42. The van der Waals surface area contributed by atoms with Gasteiger partial charge in [-0.1, -0.05) is 0 Å². The first-order chi connectivity index (χ1) is 9.07. The van der Waals surface area contributed by atoms with Crippen molar-refractivity contribution in [1.29, 1.82) is 0 Å². The lowest BCUT2D eigenvalue weighted by Gasteiger charge is -2.14. The van der Waals surface area contributed by atoms with Gasteiger partial charge >= 0.3 is 5.97 Å². The minimum atomic E-state index is -0.909. The van der Waals surface area contributed by atoms with Crippen LogP contribution < -0.4 is 14.8 Å². The fraction of sp³-hybridized carbons (Fsp3) is 0.250. The monoisotopic (exact) mass is 267 g/mol. The average Bonchev–Trinajstić information content (AvgIpc) is 2.46. The number of carbonyl (C=O) groups excluding carboxylic acids is 3. The first-order valence-corrected chi connectivity index (χ1v) is 5.17. The lowest BCUT2D eigenvalue weighted by atomic mass is 10.1. The highest BCUT2D eigenvalue weighted by molar-refractivity contribution is 6.30. The van der Waals surface area contributed by atoms with Crippen molar-refractivity contribution in [1.82, 2.24) is 0 Å². The van der Waals surface area contributed by atoms with Crippen LogP contribution in [0, 0.1) is 0 Å². The summed E-state index contributed by atoms with van der Waals surface area (Å²) < 4.78 is 14.7. The topological polar surface area (TPSA) is 90.9 Å². The molecule has 7 heteroatoms. The maximum absolute atomic E-state index is 11.7. The molecule has 1 rings (SSSR count). The summed E-state index contributed by atoms with van der Waals surface area (Å²) in [7, 11) is 3.96. The van der Waals surface area contributed by atoms with Gasteiger partial charge in [0.1, 0.15) is 11.5 Å². The van der Waals surface area contributed by atoms with E-state index in [9.17, 15) is 14.4 Å². The maximum atomic E-state index is 11.7. The fourth-order valence-corrected chi connectivity index (χ4v) is 1.42. The quantitative estimate of drug-likeness (QED) is 0.478. The molecule has 0 aliphatic carbocycles. The predicted octanol–water partition coefficient (Wildman–Crippen LogP) is 0.628. The third-order valence-electron chi connectivity index (χ3n) is 2.29. The van der Waals surface area contributed by atoms with Crippen LogP contribution in [0.25, 0.3) is 0 Å². The number of rotatable bonds is 5. The molecule has 0 saturated heterocycles. The van der Waals surface area contributed by atoms with Gasteiger partial charge in [0.05, 0.1) is 32.6 Å². The van der Waals surface area contributed by atoms with E-state index in [1.807, 2.05) is 0 Å². The van der Waals surface area contributed by atoms with Crippen molar-refractivity contribution in [2.45, 2.75) is 0 Å². The number of amides is 1. The number of hydrogen-bond acceptors (Lipinski definition) is 6. The lowest BCUT2D eigenvalue weighted by Crippen LogP contribution is -2.17. The van der Waals surface area contributed by atoms with Gasteiger partial charge in [-0.15, -0.1) is 0 Å². The summed E-state index contributed by atoms with van der Waals surface area (Å²) in [6.45, 7) is 0. The zero-order valence-corrected chi connectivity index (χ0v) is 10.7. The third-order valence-corrected chi connectivity index (χ3v) is 2.29. The van der Waals surface area contributed by atoms with E-state index in [4.69, 9.17) is 9.47 Å². The van der Waals surface area contributed by atoms with Crippen molar-refractivity contribution in [3.8, 4) is 11.5 Å². The van der Waals surface area contributed by atoms with Crippen LogP contribution in [0.2, 0.25) is 0 Å². The van der Waals surface area contributed by atoms with Crippen molar-refractivity contribution < 1.29 is 28.6 Å². The van der Waals surface area contributed by atoms with E-state index in [0.717, 1.165) is 0 Å². The van der Waals surface area contributed by atoms with Crippen LogP contribution in [0.5, 0.6) is 11.5 Å². The molecule has 0 fully saturated rings. The first-order valence-electron chi connectivity index (χ1n) is 5.17. The molecule has 19 heavy (non-hydrogen) atoms. The molecule has 0 unspecified atom stereocenters. The van der Waals surface area contributed by atoms with Gasteiger partial charge in [-0.05, 0) is 6.07 Å². The Balaban J connectivity index is 3.40. The predicted molar refractivity (Wildman–Crippen MR) is 65.6 cm³/mol. The van der Waals surface area contributed by atoms with Crippen LogP contribution in [0.1, 0.15) is 10.4 Å². The van der Waals surface area contributed by atoms with Gasteiger partial charge in [0.2, 0.25) is 6.29 Å². The standard InChI is InChI=1S/C12H13NO6/c1-17-7-4-8(12(16)19-3)11(9(5-7)18-2)13-10(15)6-14/h4-6H,1-3H3,(H,13,15). The highest BCUT2D eigenvalue weighted by atomic mass is 16.5. The molecule has 0 aliphatic heterocycles. The zero-order valence-electron chi connectivity index (χ0n) is 10.7. The Kier molecular flexibility index (Phi) is 4.87. The Hall–Kier alpha value is -2.57. The highest BCUT2D eigenvalue weighted by Crippen LogP contribution is 2.34. The summed E-state index contributed by atoms with van der Waals surface area (Å²) in [5.41, 5.74) is 0.0705. The molecule has 0 aliphatic rings. The number of benzene rings is 1. The van der Waals surface area contributed by atoms with E-state index >= 15 is 0 Å². The maximum Gasteiger partial charge on any atom is 0.340 e. The third kappa shape index (κ3) is 3.21. The zero-order chi connectivity index (χ0) is 14.4. The van der Waals surface area contributed by atoms with E-state index in [-0.39, 0.29) is 23.3 Å². The molecule has 102 valence electrons. The normalized spacial score (nSPS) is 9.42. The molecule has 0 spiro atoms. The molecule has 0 heterocycles. The summed E-state index contributed by atoms with van der Waals surface area (Å²) in [4.78, 5) is 33.2. The number of ether oxygens (including phenoxy) is 3. The largest absolute Gasteiger partial charge is 0.497 e. The molecular weight excluding hydrogens is 254 g/mol. The molecule has 0 bridgehead atoms. The van der Waals surface area contributed by atoms with E-state index in [2.05, 4.69) is 10.1 Å². The van der Waals surface area contributed by atoms with Crippen molar-refractivity contribution >= 4 is 23.9 Å². The molecule has 7 nitrogen and oxygen atoms in total. The summed E-state index contributed by atoms with van der Waals surface area (Å²) >= 11 is 0. The van der Waals surface area contributed by atoms with Crippen LogP contribution in [-0.2, 0) is 14.3 Å². The molecule has 1 aromatic rings. The Morgan fingerprint density at radius 3 is 2.32 bits per heavy atom. The van der Waals surface area contributed by atoms with Crippen molar-refractivity contribution in [3.63, 3.8) is 0 Å². The van der Waals surface area contributed by atoms with Crippen LogP contribution in [0.3, 0.4) is 0 Å². The number of carbonyl (C=O) groups is 3. The lowest BCUT2D eigenvalue weighted by molar-refractivity contribution is -0.127. The summed E-state index contributed by atoms with van der Waals surface area (Å²) in [5, 5.41) is 2.26. The summed E-state index contributed by atoms with van der Waals surface area (Å²) in [5.74, 6) is -1.08. The van der Waals surface area contributed by atoms with E-state index in [0.29, 0.717) is 5.75 Å². The summed E-state index contributed by atoms with van der Waals surface area (Å²) in [6, 6.07) is 2.83. The van der Waals surface area contributed by atoms with Gasteiger partial charge in [-0.2, -0.15) is 0 Å². The number of aldehydes is 1. The second kappa shape index (κ2) is 6.39. The molecule has 0 atom stereocenters. The molecular formula is C12H13NO6. The summed E-state index contributed by atoms with van der Waals surface area (Å²) in [6.07, 6.45) is 0.0880. The number of nitrogens with one attached hydrogen (secondary N) is 1. The Bertz CT molecular complexity index is 511. The first kappa shape index (κ1) is 14.5. The molecule has 0 saturated carbocycles. The SMILES string of the molecule is COC(=O)c1cc(OC)cc(OC)c1NC(=O)C=O. The number of anilines is 1. The van der Waals surface area contributed by atoms with Gasteiger partial charge in [0, 0.05) is 6.07 Å². The van der Waals surface area contributed by atoms with Gasteiger partial charge in [-0.3, -0.25) is 9.59 Å². The average molecular weight is 267 g/mol. The van der Waals surface area contributed by atoms with E-state index in [1.165, 1.54) is 33.5 Å². The van der Waals surface area contributed by atoms with Gasteiger partial charge in [0.25, 0.3) is 5.91 Å². The van der Waals surface area contributed by atoms with E-state index in [1.54, 1.807) is 0 Å². The van der Waals surface area contributed by atoms with Crippen LogP contribution >= 0.6 is 0 Å².